The van der Waals surface area contributed by atoms with E-state index in [4.69, 9.17) is 0 Å². The fourth-order valence-corrected chi connectivity index (χ4v) is 0.835. The molecule has 0 heterocycles. The van der Waals surface area contributed by atoms with Crippen molar-refractivity contribution in [1.82, 2.24) is 5.32 Å². The lowest BCUT2D eigenvalue weighted by Crippen LogP contribution is -2.27. The van der Waals surface area contributed by atoms with Crippen molar-refractivity contribution < 1.29 is 0 Å². The summed E-state index contributed by atoms with van der Waals surface area (Å²) in [5, 5.41) is 3.19. The zero-order valence-corrected chi connectivity index (χ0v) is 7.89. The molecule has 0 fully saturated rings. The van der Waals surface area contributed by atoms with Crippen molar-refractivity contribution in [2.45, 2.75) is 20.8 Å². The molecule has 0 aliphatic rings. The van der Waals surface area contributed by atoms with Crippen LogP contribution >= 0.6 is 0 Å². The SMILES string of the molecule is C/C=C/NCC(C)(C)C=NC. The van der Waals surface area contributed by atoms with Crippen LogP contribution in [0.1, 0.15) is 20.8 Å². The van der Waals surface area contributed by atoms with Crippen molar-refractivity contribution in [3.8, 4) is 0 Å². The van der Waals surface area contributed by atoms with Crippen LogP contribution in [0.2, 0.25) is 0 Å². The first kappa shape index (κ1) is 10.2. The number of allylic oxidation sites excluding steroid dienone is 1. The third kappa shape index (κ3) is 5.64. The Labute approximate surface area is 69.4 Å². The Hall–Kier alpha value is -0.790. The quantitative estimate of drug-likeness (QED) is 0.614. The van der Waals surface area contributed by atoms with Gasteiger partial charge in [0.25, 0.3) is 0 Å². The summed E-state index contributed by atoms with van der Waals surface area (Å²) < 4.78 is 0. The first-order chi connectivity index (χ1) is 5.12. The summed E-state index contributed by atoms with van der Waals surface area (Å²) in [4.78, 5) is 4.00. The van der Waals surface area contributed by atoms with Gasteiger partial charge in [-0.25, -0.2) is 0 Å². The van der Waals surface area contributed by atoms with Gasteiger partial charge in [-0.1, -0.05) is 19.9 Å². The van der Waals surface area contributed by atoms with E-state index in [1.165, 1.54) is 0 Å². The molecule has 2 heteroatoms. The van der Waals surface area contributed by atoms with Gasteiger partial charge in [-0.3, -0.25) is 0 Å². The molecule has 0 radical (unpaired) electrons. The monoisotopic (exact) mass is 154 g/mol. The number of hydrogen-bond donors (Lipinski definition) is 1. The van der Waals surface area contributed by atoms with Crippen LogP contribution in [0.4, 0.5) is 0 Å². The molecule has 64 valence electrons. The molecule has 1 N–H and O–H groups in total. The van der Waals surface area contributed by atoms with E-state index >= 15 is 0 Å². The van der Waals surface area contributed by atoms with Crippen molar-refractivity contribution in [3.63, 3.8) is 0 Å². The van der Waals surface area contributed by atoms with E-state index in [0.717, 1.165) is 6.54 Å². The van der Waals surface area contributed by atoms with Gasteiger partial charge in [0.2, 0.25) is 0 Å². The van der Waals surface area contributed by atoms with E-state index in [2.05, 4.69) is 24.2 Å². The van der Waals surface area contributed by atoms with E-state index in [1.807, 2.05) is 25.4 Å². The van der Waals surface area contributed by atoms with Crippen molar-refractivity contribution >= 4 is 6.21 Å². The van der Waals surface area contributed by atoms with Gasteiger partial charge < -0.3 is 10.3 Å². The molecule has 0 aromatic rings. The minimum Gasteiger partial charge on any atom is -0.390 e. The van der Waals surface area contributed by atoms with Gasteiger partial charge in [-0.15, -0.1) is 0 Å². The van der Waals surface area contributed by atoms with Gasteiger partial charge in [0.1, 0.15) is 0 Å². The number of hydrogen-bond acceptors (Lipinski definition) is 2. The molecule has 0 amide bonds. The predicted octanol–water partition coefficient (Wildman–Crippen LogP) is 1.84. The lowest BCUT2D eigenvalue weighted by atomic mass is 9.95. The summed E-state index contributed by atoms with van der Waals surface area (Å²) >= 11 is 0. The molecule has 2 nitrogen and oxygen atoms in total. The average molecular weight is 154 g/mol. The Bertz CT molecular complexity index is 146. The smallest absolute Gasteiger partial charge is 0.0273 e. The maximum atomic E-state index is 4.00. The molecular weight excluding hydrogens is 136 g/mol. The number of rotatable bonds is 4. The predicted molar refractivity (Wildman–Crippen MR) is 51.0 cm³/mol. The molecule has 0 aromatic carbocycles. The average Bonchev–Trinajstić information content (AvgIpc) is 1.87. The topological polar surface area (TPSA) is 24.4 Å². The van der Waals surface area contributed by atoms with Crippen LogP contribution < -0.4 is 5.32 Å². The Balaban J connectivity index is 3.72. The van der Waals surface area contributed by atoms with Gasteiger partial charge in [0.15, 0.2) is 0 Å². The first-order valence-corrected chi connectivity index (χ1v) is 3.90. The summed E-state index contributed by atoms with van der Waals surface area (Å²) in [6.45, 7) is 7.22. The highest BCUT2D eigenvalue weighted by Crippen LogP contribution is 2.08. The summed E-state index contributed by atoms with van der Waals surface area (Å²) in [7, 11) is 1.80. The van der Waals surface area contributed by atoms with Crippen LogP contribution in [0.5, 0.6) is 0 Å². The van der Waals surface area contributed by atoms with E-state index < -0.39 is 0 Å². The lowest BCUT2D eigenvalue weighted by molar-refractivity contribution is 0.512. The molecule has 0 bridgehead atoms. The molecule has 0 aromatic heterocycles. The van der Waals surface area contributed by atoms with Gasteiger partial charge in [0, 0.05) is 25.2 Å². The zero-order valence-electron chi connectivity index (χ0n) is 7.89. The first-order valence-electron chi connectivity index (χ1n) is 3.90. The van der Waals surface area contributed by atoms with Crippen LogP contribution in [-0.4, -0.2) is 19.8 Å². The highest BCUT2D eigenvalue weighted by Gasteiger charge is 2.12. The fraction of sp³-hybridized carbons (Fsp3) is 0.667. The van der Waals surface area contributed by atoms with Gasteiger partial charge >= 0.3 is 0 Å². The Morgan fingerprint density at radius 2 is 2.09 bits per heavy atom. The van der Waals surface area contributed by atoms with Gasteiger partial charge in [0.05, 0.1) is 0 Å². The second-order valence-electron chi connectivity index (χ2n) is 3.26. The highest BCUT2D eigenvalue weighted by atomic mass is 14.8. The molecule has 0 saturated heterocycles. The summed E-state index contributed by atoms with van der Waals surface area (Å²) in [6.07, 6.45) is 5.90. The standard InChI is InChI=1S/C9H18N2/c1-5-6-11-8-9(2,3)7-10-4/h5-7,11H,8H2,1-4H3/b6-5+,10-7?. The maximum Gasteiger partial charge on any atom is 0.0273 e. The summed E-state index contributed by atoms with van der Waals surface area (Å²) in [5.74, 6) is 0. The van der Waals surface area contributed by atoms with Crippen LogP contribution in [0, 0.1) is 5.41 Å². The van der Waals surface area contributed by atoms with Crippen molar-refractivity contribution in [1.29, 1.82) is 0 Å². The number of nitrogens with one attached hydrogen (secondary N) is 1. The minimum atomic E-state index is 0.147. The third-order valence-electron chi connectivity index (χ3n) is 1.32. The molecule has 11 heavy (non-hydrogen) atoms. The van der Waals surface area contributed by atoms with Gasteiger partial charge in [-0.2, -0.15) is 0 Å². The van der Waals surface area contributed by atoms with Crippen molar-refractivity contribution in [3.05, 3.63) is 12.3 Å². The highest BCUT2D eigenvalue weighted by molar-refractivity contribution is 5.64. The zero-order chi connectivity index (χ0) is 8.74. The molecule has 0 unspecified atom stereocenters. The Morgan fingerprint density at radius 1 is 1.45 bits per heavy atom. The van der Waals surface area contributed by atoms with E-state index in [0.29, 0.717) is 0 Å². The largest absolute Gasteiger partial charge is 0.390 e. The van der Waals surface area contributed by atoms with E-state index in [-0.39, 0.29) is 5.41 Å². The van der Waals surface area contributed by atoms with E-state index in [1.54, 1.807) is 7.05 Å². The Morgan fingerprint density at radius 3 is 2.55 bits per heavy atom. The summed E-state index contributed by atoms with van der Waals surface area (Å²) in [5.41, 5.74) is 0.147. The van der Waals surface area contributed by atoms with Crippen molar-refractivity contribution in [2.24, 2.45) is 10.4 Å². The Kier molecular flexibility index (Phi) is 4.59. The molecule has 0 aliphatic carbocycles. The molecule has 0 atom stereocenters. The molecule has 0 spiro atoms. The van der Waals surface area contributed by atoms with Crippen LogP contribution in [0.15, 0.2) is 17.3 Å². The van der Waals surface area contributed by atoms with Crippen molar-refractivity contribution in [2.75, 3.05) is 13.6 Å². The van der Waals surface area contributed by atoms with Crippen LogP contribution in [-0.2, 0) is 0 Å². The normalized spacial score (nSPS) is 13.1. The summed E-state index contributed by atoms with van der Waals surface area (Å²) in [6, 6.07) is 0. The molecular formula is C9H18N2. The second kappa shape index (κ2) is 4.94. The third-order valence-corrected chi connectivity index (χ3v) is 1.32. The number of nitrogens with zero attached hydrogens (tertiary/aromatic N) is 1. The fourth-order valence-electron chi connectivity index (χ4n) is 0.835. The molecule has 0 aliphatic heterocycles. The molecule has 0 rings (SSSR count). The van der Waals surface area contributed by atoms with Crippen LogP contribution in [0.3, 0.4) is 0 Å². The van der Waals surface area contributed by atoms with E-state index in [9.17, 15) is 0 Å². The van der Waals surface area contributed by atoms with Gasteiger partial charge in [-0.05, 0) is 13.1 Å². The van der Waals surface area contributed by atoms with Crippen LogP contribution in [0.25, 0.3) is 0 Å². The second-order valence-corrected chi connectivity index (χ2v) is 3.26. The number of aliphatic imine (C=N–C) groups is 1. The maximum absolute atomic E-state index is 4.00. The minimum absolute atomic E-state index is 0.147. The lowest BCUT2D eigenvalue weighted by Gasteiger charge is -2.18. The molecule has 0 saturated carbocycles.